The number of oxime groups is 1. The molecule has 0 saturated heterocycles. The summed E-state index contributed by atoms with van der Waals surface area (Å²) in [6, 6.07) is 5.39. The second kappa shape index (κ2) is 7.88. The third-order valence-corrected chi connectivity index (χ3v) is 4.23. The average Bonchev–Trinajstić information content (AvgIpc) is 2.95. The molecule has 23 heavy (non-hydrogen) atoms. The van der Waals surface area contributed by atoms with E-state index >= 15 is 0 Å². The van der Waals surface area contributed by atoms with Crippen molar-refractivity contribution in [1.29, 1.82) is 0 Å². The summed E-state index contributed by atoms with van der Waals surface area (Å²) in [6.07, 6.45) is 0.473. The molecule has 0 bridgehead atoms. The van der Waals surface area contributed by atoms with Gasteiger partial charge in [0, 0.05) is 24.6 Å². The van der Waals surface area contributed by atoms with Gasteiger partial charge in [-0.3, -0.25) is 0 Å². The molecule has 1 heterocycles. The SMILES string of the molecule is CCN(CC1CC(c2ccc(Cl)c(Cl)c2)=NO1)C(=O)NC(C)C. The minimum absolute atomic E-state index is 0.0888. The maximum absolute atomic E-state index is 12.1. The molecule has 1 aromatic rings. The van der Waals surface area contributed by atoms with Gasteiger partial charge in [0.05, 0.1) is 22.3 Å². The molecule has 1 unspecified atom stereocenters. The topological polar surface area (TPSA) is 53.9 Å². The molecule has 1 aliphatic heterocycles. The molecule has 126 valence electrons. The Morgan fingerprint density at radius 3 is 2.78 bits per heavy atom. The van der Waals surface area contributed by atoms with Gasteiger partial charge in [0.25, 0.3) is 0 Å². The van der Waals surface area contributed by atoms with E-state index in [2.05, 4.69) is 10.5 Å². The van der Waals surface area contributed by atoms with Crippen LogP contribution < -0.4 is 5.32 Å². The number of hydrogen-bond donors (Lipinski definition) is 1. The number of amides is 2. The first kappa shape index (κ1) is 17.9. The number of benzene rings is 1. The first-order valence-electron chi connectivity index (χ1n) is 7.64. The monoisotopic (exact) mass is 357 g/mol. The molecule has 0 saturated carbocycles. The van der Waals surface area contributed by atoms with E-state index < -0.39 is 0 Å². The maximum atomic E-state index is 12.1. The highest BCUT2D eigenvalue weighted by Crippen LogP contribution is 2.25. The van der Waals surface area contributed by atoms with Gasteiger partial charge in [-0.05, 0) is 32.9 Å². The first-order valence-corrected chi connectivity index (χ1v) is 8.39. The van der Waals surface area contributed by atoms with E-state index in [0.717, 1.165) is 11.3 Å². The lowest BCUT2D eigenvalue weighted by Gasteiger charge is -2.24. The third-order valence-electron chi connectivity index (χ3n) is 3.49. The number of nitrogens with zero attached hydrogens (tertiary/aromatic N) is 2. The molecular weight excluding hydrogens is 337 g/mol. The molecule has 1 N–H and O–H groups in total. The summed E-state index contributed by atoms with van der Waals surface area (Å²) in [7, 11) is 0. The molecule has 7 heteroatoms. The molecular formula is C16H21Cl2N3O2. The predicted molar refractivity (Wildman–Crippen MR) is 93.4 cm³/mol. The Balaban J connectivity index is 1.95. The summed E-state index contributed by atoms with van der Waals surface area (Å²) in [5, 5.41) is 8.00. The van der Waals surface area contributed by atoms with Gasteiger partial charge in [-0.1, -0.05) is 34.4 Å². The van der Waals surface area contributed by atoms with Crippen LogP contribution in [0.5, 0.6) is 0 Å². The molecule has 2 amide bonds. The highest BCUT2D eigenvalue weighted by molar-refractivity contribution is 6.42. The molecule has 0 aromatic heterocycles. The number of likely N-dealkylation sites (N-methyl/N-ethyl adjacent to an activating group) is 1. The standard InChI is InChI=1S/C16H21Cl2N3O2/c1-4-21(16(22)19-10(2)3)9-12-8-15(20-23-12)11-5-6-13(17)14(18)7-11/h5-7,10,12H,4,8-9H2,1-3H3,(H,19,22). The van der Waals surface area contributed by atoms with Gasteiger partial charge in [-0.15, -0.1) is 0 Å². The van der Waals surface area contributed by atoms with Gasteiger partial charge in [-0.2, -0.15) is 0 Å². The quantitative estimate of drug-likeness (QED) is 0.867. The normalized spacial score (nSPS) is 17.0. The van der Waals surface area contributed by atoms with E-state index in [1.54, 1.807) is 17.0 Å². The predicted octanol–water partition coefficient (Wildman–Crippen LogP) is 3.93. The fraction of sp³-hybridized carbons (Fsp3) is 0.500. The van der Waals surface area contributed by atoms with Gasteiger partial charge in [-0.25, -0.2) is 4.79 Å². The molecule has 0 spiro atoms. The van der Waals surface area contributed by atoms with E-state index in [0.29, 0.717) is 29.6 Å². The van der Waals surface area contributed by atoms with Crippen LogP contribution in [0.1, 0.15) is 32.8 Å². The van der Waals surface area contributed by atoms with Crippen molar-refractivity contribution in [1.82, 2.24) is 10.2 Å². The fourth-order valence-electron chi connectivity index (χ4n) is 2.31. The van der Waals surface area contributed by atoms with Crippen LogP contribution in [0, 0.1) is 0 Å². The lowest BCUT2D eigenvalue weighted by atomic mass is 10.0. The summed E-state index contributed by atoms with van der Waals surface area (Å²) < 4.78 is 0. The summed E-state index contributed by atoms with van der Waals surface area (Å²) in [5.41, 5.74) is 1.70. The van der Waals surface area contributed by atoms with Crippen molar-refractivity contribution in [2.24, 2.45) is 5.16 Å². The minimum atomic E-state index is -0.155. The Morgan fingerprint density at radius 2 is 2.17 bits per heavy atom. The Kier molecular flexibility index (Phi) is 6.13. The lowest BCUT2D eigenvalue weighted by Crippen LogP contribution is -2.45. The van der Waals surface area contributed by atoms with E-state index in [4.69, 9.17) is 28.0 Å². The molecule has 1 aromatic carbocycles. The Morgan fingerprint density at radius 1 is 1.43 bits per heavy atom. The summed E-state index contributed by atoms with van der Waals surface area (Å²) in [5.74, 6) is 0. The van der Waals surface area contributed by atoms with Crippen LogP contribution in [0.2, 0.25) is 10.0 Å². The highest BCUT2D eigenvalue weighted by atomic mass is 35.5. The zero-order valence-electron chi connectivity index (χ0n) is 13.5. The van der Waals surface area contributed by atoms with Crippen LogP contribution in [0.4, 0.5) is 4.79 Å². The average molecular weight is 358 g/mol. The van der Waals surface area contributed by atoms with Crippen molar-refractivity contribution < 1.29 is 9.63 Å². The Labute approximate surface area is 146 Å². The molecule has 1 aliphatic rings. The zero-order valence-corrected chi connectivity index (χ0v) is 15.0. The number of urea groups is 1. The molecule has 0 fully saturated rings. The van der Waals surface area contributed by atoms with Crippen molar-refractivity contribution in [2.45, 2.75) is 39.3 Å². The molecule has 2 rings (SSSR count). The van der Waals surface area contributed by atoms with E-state index in [-0.39, 0.29) is 18.2 Å². The van der Waals surface area contributed by atoms with Crippen LogP contribution in [-0.2, 0) is 4.84 Å². The Bertz CT molecular complexity index is 605. The number of carbonyl (C=O) groups is 1. The van der Waals surface area contributed by atoms with Crippen LogP contribution in [0.3, 0.4) is 0 Å². The van der Waals surface area contributed by atoms with Gasteiger partial charge >= 0.3 is 6.03 Å². The van der Waals surface area contributed by atoms with Crippen molar-refractivity contribution in [3.63, 3.8) is 0 Å². The largest absolute Gasteiger partial charge is 0.390 e. The van der Waals surface area contributed by atoms with Crippen molar-refractivity contribution in [3.05, 3.63) is 33.8 Å². The summed E-state index contributed by atoms with van der Waals surface area (Å²) >= 11 is 12.0. The van der Waals surface area contributed by atoms with E-state index in [9.17, 15) is 4.79 Å². The van der Waals surface area contributed by atoms with Crippen molar-refractivity contribution in [2.75, 3.05) is 13.1 Å². The molecule has 0 aliphatic carbocycles. The number of nitrogens with one attached hydrogen (secondary N) is 1. The second-order valence-corrected chi connectivity index (χ2v) is 6.56. The van der Waals surface area contributed by atoms with Gasteiger partial charge in [0.2, 0.25) is 0 Å². The number of hydrogen-bond acceptors (Lipinski definition) is 3. The summed E-state index contributed by atoms with van der Waals surface area (Å²) in [4.78, 5) is 19.3. The highest BCUT2D eigenvalue weighted by Gasteiger charge is 2.26. The van der Waals surface area contributed by atoms with Crippen LogP contribution in [0.25, 0.3) is 0 Å². The lowest BCUT2D eigenvalue weighted by molar-refractivity contribution is 0.0614. The molecule has 5 nitrogen and oxygen atoms in total. The van der Waals surface area contributed by atoms with E-state index in [1.165, 1.54) is 0 Å². The number of carbonyl (C=O) groups excluding carboxylic acids is 1. The van der Waals surface area contributed by atoms with E-state index in [1.807, 2.05) is 26.8 Å². The van der Waals surface area contributed by atoms with Gasteiger partial charge in [0.15, 0.2) is 6.10 Å². The van der Waals surface area contributed by atoms with Crippen molar-refractivity contribution in [3.8, 4) is 0 Å². The number of rotatable bonds is 5. The van der Waals surface area contributed by atoms with Crippen molar-refractivity contribution >= 4 is 34.9 Å². The minimum Gasteiger partial charge on any atom is -0.390 e. The maximum Gasteiger partial charge on any atom is 0.317 e. The fourth-order valence-corrected chi connectivity index (χ4v) is 2.61. The Hall–Kier alpha value is -1.46. The van der Waals surface area contributed by atoms with Crippen LogP contribution >= 0.6 is 23.2 Å². The van der Waals surface area contributed by atoms with Crippen LogP contribution in [-0.4, -0.2) is 41.9 Å². The first-order chi connectivity index (χ1) is 10.9. The smallest absolute Gasteiger partial charge is 0.317 e. The summed E-state index contributed by atoms with van der Waals surface area (Å²) in [6.45, 7) is 6.91. The zero-order chi connectivity index (χ0) is 17.0. The van der Waals surface area contributed by atoms with Gasteiger partial charge < -0.3 is 15.1 Å². The number of halogens is 2. The molecule has 1 atom stereocenters. The van der Waals surface area contributed by atoms with Crippen LogP contribution in [0.15, 0.2) is 23.4 Å². The second-order valence-electron chi connectivity index (χ2n) is 5.74. The molecule has 0 radical (unpaired) electrons. The van der Waals surface area contributed by atoms with Gasteiger partial charge in [0.1, 0.15) is 0 Å². The third kappa shape index (κ3) is 4.75.